The lowest BCUT2D eigenvalue weighted by Crippen LogP contribution is -2.43. The average Bonchev–Trinajstić information content (AvgIpc) is 2.13. The van der Waals surface area contributed by atoms with E-state index in [1.807, 2.05) is 0 Å². The van der Waals surface area contributed by atoms with E-state index in [0.29, 0.717) is 6.61 Å². The number of carbonyl (C=O) groups is 2. The Bertz CT molecular complexity index is 222. The summed E-state index contributed by atoms with van der Waals surface area (Å²) >= 11 is 3.96. The first-order valence-electron chi connectivity index (χ1n) is 4.58. The number of rotatable bonds is 6. The number of hydrogen-bond donors (Lipinski definition) is 2. The van der Waals surface area contributed by atoms with Gasteiger partial charge in [0, 0.05) is 19.8 Å². The highest BCUT2D eigenvalue weighted by atomic mass is 32.1. The summed E-state index contributed by atoms with van der Waals surface area (Å²) in [4.78, 5) is 22.2. The molecule has 5 nitrogen and oxygen atoms in total. The molecule has 6 heteroatoms. The van der Waals surface area contributed by atoms with Crippen LogP contribution in [0.1, 0.15) is 13.8 Å². The molecule has 0 bridgehead atoms. The predicted molar refractivity (Wildman–Crippen MR) is 58.9 cm³/mol. The molecule has 0 aliphatic rings. The van der Waals surface area contributed by atoms with E-state index in [1.165, 1.54) is 14.0 Å². The Labute approximate surface area is 94.9 Å². The lowest BCUT2D eigenvalue weighted by atomic mass is 10.3. The van der Waals surface area contributed by atoms with E-state index >= 15 is 0 Å². The van der Waals surface area contributed by atoms with Crippen molar-refractivity contribution in [2.45, 2.75) is 26.0 Å². The van der Waals surface area contributed by atoms with Crippen LogP contribution in [0, 0.1) is 0 Å². The normalized spacial score (nSPS) is 14.1. The molecule has 0 heterocycles. The Kier molecular flexibility index (Phi) is 7.15. The van der Waals surface area contributed by atoms with Gasteiger partial charge in [0.15, 0.2) is 0 Å². The number of amides is 1. The first kappa shape index (κ1) is 14.2. The van der Waals surface area contributed by atoms with Crippen molar-refractivity contribution in [3.8, 4) is 0 Å². The van der Waals surface area contributed by atoms with E-state index in [4.69, 9.17) is 9.47 Å². The first-order valence-corrected chi connectivity index (χ1v) is 5.21. The van der Waals surface area contributed by atoms with E-state index in [9.17, 15) is 9.59 Å². The lowest BCUT2D eigenvalue weighted by Gasteiger charge is -2.18. The van der Waals surface area contributed by atoms with Crippen molar-refractivity contribution < 1.29 is 19.1 Å². The maximum Gasteiger partial charge on any atom is 0.329 e. The Morgan fingerprint density at radius 3 is 2.47 bits per heavy atom. The number of carbonyl (C=O) groups excluding carboxylic acids is 2. The SMILES string of the molecule is COCC(C)OC(=O)C(CS)NC(C)=O. The maximum atomic E-state index is 11.5. The smallest absolute Gasteiger partial charge is 0.329 e. The molecule has 0 fully saturated rings. The summed E-state index contributed by atoms with van der Waals surface area (Å²) in [5.74, 6) is -0.576. The second-order valence-electron chi connectivity index (χ2n) is 3.14. The topological polar surface area (TPSA) is 64.6 Å². The van der Waals surface area contributed by atoms with Crippen LogP contribution in [-0.4, -0.2) is 43.5 Å². The molecule has 0 aliphatic carbocycles. The van der Waals surface area contributed by atoms with E-state index < -0.39 is 12.0 Å². The van der Waals surface area contributed by atoms with E-state index in [-0.39, 0.29) is 17.8 Å². The van der Waals surface area contributed by atoms with Crippen LogP contribution in [0.4, 0.5) is 0 Å². The van der Waals surface area contributed by atoms with Crippen molar-refractivity contribution in [2.75, 3.05) is 19.5 Å². The van der Waals surface area contributed by atoms with Gasteiger partial charge in [-0.1, -0.05) is 0 Å². The summed E-state index contributed by atoms with van der Waals surface area (Å²) in [6.07, 6.45) is -0.335. The summed E-state index contributed by atoms with van der Waals surface area (Å²) in [5.41, 5.74) is 0. The maximum absolute atomic E-state index is 11.5. The Morgan fingerprint density at radius 2 is 2.07 bits per heavy atom. The zero-order chi connectivity index (χ0) is 11.8. The van der Waals surface area contributed by atoms with Gasteiger partial charge in [-0.3, -0.25) is 4.79 Å². The third-order valence-electron chi connectivity index (χ3n) is 1.56. The van der Waals surface area contributed by atoms with Gasteiger partial charge in [-0.25, -0.2) is 4.79 Å². The van der Waals surface area contributed by atoms with Crippen molar-refractivity contribution in [1.29, 1.82) is 0 Å². The van der Waals surface area contributed by atoms with Crippen molar-refractivity contribution in [3.63, 3.8) is 0 Å². The summed E-state index contributed by atoms with van der Waals surface area (Å²) in [5, 5.41) is 2.45. The van der Waals surface area contributed by atoms with Gasteiger partial charge < -0.3 is 14.8 Å². The molecule has 0 aromatic heterocycles. The van der Waals surface area contributed by atoms with Crippen molar-refractivity contribution in [2.24, 2.45) is 0 Å². The van der Waals surface area contributed by atoms with E-state index in [2.05, 4.69) is 17.9 Å². The molecule has 0 rings (SSSR count). The Hall–Kier alpha value is -0.750. The van der Waals surface area contributed by atoms with Crippen LogP contribution in [0.3, 0.4) is 0 Å². The van der Waals surface area contributed by atoms with Gasteiger partial charge in [0.05, 0.1) is 6.61 Å². The molecular formula is C9H17NO4S. The van der Waals surface area contributed by atoms with Crippen LogP contribution in [0.25, 0.3) is 0 Å². The zero-order valence-electron chi connectivity index (χ0n) is 9.15. The van der Waals surface area contributed by atoms with Crippen LogP contribution in [0.15, 0.2) is 0 Å². The van der Waals surface area contributed by atoms with Gasteiger partial charge in [-0.15, -0.1) is 0 Å². The second-order valence-corrected chi connectivity index (χ2v) is 3.50. The molecule has 0 aromatic carbocycles. The number of esters is 1. The number of nitrogens with one attached hydrogen (secondary N) is 1. The number of ether oxygens (including phenoxy) is 2. The molecule has 0 aromatic rings. The minimum Gasteiger partial charge on any atom is -0.459 e. The number of methoxy groups -OCH3 is 1. The highest BCUT2D eigenvalue weighted by Crippen LogP contribution is 1.98. The van der Waals surface area contributed by atoms with Gasteiger partial charge in [-0.05, 0) is 6.92 Å². The van der Waals surface area contributed by atoms with E-state index in [0.717, 1.165) is 0 Å². The summed E-state index contributed by atoms with van der Waals surface area (Å²) in [6, 6.07) is -0.704. The Morgan fingerprint density at radius 1 is 1.47 bits per heavy atom. The molecule has 15 heavy (non-hydrogen) atoms. The van der Waals surface area contributed by atoms with Crippen LogP contribution in [-0.2, 0) is 19.1 Å². The molecular weight excluding hydrogens is 218 g/mol. The summed E-state index contributed by atoms with van der Waals surface area (Å²) in [7, 11) is 1.52. The molecule has 0 aliphatic heterocycles. The fraction of sp³-hybridized carbons (Fsp3) is 0.778. The molecule has 0 spiro atoms. The molecule has 0 radical (unpaired) electrons. The first-order chi connectivity index (χ1) is 7.01. The van der Waals surface area contributed by atoms with Crippen LogP contribution >= 0.6 is 12.6 Å². The van der Waals surface area contributed by atoms with Crippen LogP contribution in [0.5, 0.6) is 0 Å². The monoisotopic (exact) mass is 235 g/mol. The van der Waals surface area contributed by atoms with Gasteiger partial charge in [0.1, 0.15) is 12.1 Å². The highest BCUT2D eigenvalue weighted by molar-refractivity contribution is 7.80. The summed E-state index contributed by atoms with van der Waals surface area (Å²) in [6.45, 7) is 3.37. The van der Waals surface area contributed by atoms with Crippen molar-refractivity contribution in [3.05, 3.63) is 0 Å². The molecule has 2 unspecified atom stereocenters. The third kappa shape index (κ3) is 6.35. The fourth-order valence-corrected chi connectivity index (χ4v) is 1.21. The molecule has 1 N–H and O–H groups in total. The van der Waals surface area contributed by atoms with Gasteiger partial charge in [0.25, 0.3) is 0 Å². The minimum absolute atomic E-state index is 0.206. The van der Waals surface area contributed by atoms with Crippen LogP contribution in [0.2, 0.25) is 0 Å². The van der Waals surface area contributed by atoms with Gasteiger partial charge >= 0.3 is 5.97 Å². The molecule has 2 atom stereocenters. The van der Waals surface area contributed by atoms with Crippen molar-refractivity contribution in [1.82, 2.24) is 5.32 Å². The predicted octanol–water partition coefficient (Wildman–Crippen LogP) is -0.00100. The molecule has 0 saturated carbocycles. The molecule has 88 valence electrons. The third-order valence-corrected chi connectivity index (χ3v) is 1.93. The lowest BCUT2D eigenvalue weighted by molar-refractivity contribution is -0.153. The average molecular weight is 235 g/mol. The second kappa shape index (κ2) is 7.53. The van der Waals surface area contributed by atoms with Gasteiger partial charge in [-0.2, -0.15) is 12.6 Å². The summed E-state index contributed by atoms with van der Waals surface area (Å²) < 4.78 is 9.83. The highest BCUT2D eigenvalue weighted by Gasteiger charge is 2.21. The molecule has 0 saturated heterocycles. The van der Waals surface area contributed by atoms with Gasteiger partial charge in [0.2, 0.25) is 5.91 Å². The number of thiol groups is 1. The fourth-order valence-electron chi connectivity index (χ4n) is 0.974. The van der Waals surface area contributed by atoms with Crippen LogP contribution < -0.4 is 5.32 Å². The number of hydrogen-bond acceptors (Lipinski definition) is 5. The molecule has 1 amide bonds. The zero-order valence-corrected chi connectivity index (χ0v) is 10.0. The van der Waals surface area contributed by atoms with E-state index in [1.54, 1.807) is 6.92 Å². The minimum atomic E-state index is -0.704. The quantitative estimate of drug-likeness (QED) is 0.502. The van der Waals surface area contributed by atoms with Crippen molar-refractivity contribution >= 4 is 24.5 Å². The standard InChI is InChI=1S/C9H17NO4S/c1-6(4-13-3)14-9(12)8(5-15)10-7(2)11/h6,8,15H,4-5H2,1-3H3,(H,10,11). The largest absolute Gasteiger partial charge is 0.459 e. The Balaban J connectivity index is 4.09.